The Balaban J connectivity index is 1.91. The Hall–Kier alpha value is -2.51. The zero-order chi connectivity index (χ0) is 18.3. The maximum atomic E-state index is 12.7. The molecule has 2 heterocycles. The summed E-state index contributed by atoms with van der Waals surface area (Å²) in [5.41, 5.74) is 0.995. The van der Waals surface area contributed by atoms with Gasteiger partial charge in [0.05, 0.1) is 15.6 Å². The van der Waals surface area contributed by atoms with E-state index in [4.69, 9.17) is 4.42 Å². The number of carbonyl (C=O) groups is 1. The highest BCUT2D eigenvalue weighted by atomic mass is 79.9. The van der Waals surface area contributed by atoms with Gasteiger partial charge < -0.3 is 8.98 Å². The van der Waals surface area contributed by atoms with Crippen LogP contribution in [0.2, 0.25) is 0 Å². The van der Waals surface area contributed by atoms with E-state index >= 15 is 0 Å². The summed E-state index contributed by atoms with van der Waals surface area (Å²) in [6.07, 6.45) is 1.19. The highest BCUT2D eigenvalue weighted by molar-refractivity contribution is 9.10. The van der Waals surface area contributed by atoms with Gasteiger partial charge in [0, 0.05) is 11.0 Å². The summed E-state index contributed by atoms with van der Waals surface area (Å²) in [6, 6.07) is 12.7. The average Bonchev–Trinajstić information content (AvgIpc) is 3.00. The summed E-state index contributed by atoms with van der Waals surface area (Å²) in [5, 5.41) is 0.371. The molecule has 0 unspecified atom stereocenters. The van der Waals surface area contributed by atoms with Crippen LogP contribution in [0.15, 0.2) is 67.4 Å². The number of benzene rings is 2. The Kier molecular flexibility index (Phi) is 4.34. The number of nitrogens with zero attached hydrogens (tertiary/aromatic N) is 2. The van der Waals surface area contributed by atoms with Gasteiger partial charge in [-0.25, -0.2) is 0 Å². The molecule has 0 aliphatic rings. The summed E-state index contributed by atoms with van der Waals surface area (Å²) < 4.78 is 9.32. The van der Waals surface area contributed by atoms with Gasteiger partial charge in [0.15, 0.2) is 4.80 Å². The van der Waals surface area contributed by atoms with E-state index in [1.54, 1.807) is 24.3 Å². The minimum absolute atomic E-state index is 0.0668. The lowest BCUT2D eigenvalue weighted by atomic mass is 10.2. The van der Waals surface area contributed by atoms with E-state index in [0.29, 0.717) is 22.3 Å². The number of para-hydroxylation sites is 2. The van der Waals surface area contributed by atoms with Crippen LogP contribution >= 0.6 is 27.3 Å². The first-order valence-electron chi connectivity index (χ1n) is 7.97. The van der Waals surface area contributed by atoms with Crippen LogP contribution in [0.1, 0.15) is 17.3 Å². The largest absolute Gasteiger partial charge is 0.463 e. The number of carbonyl (C=O) groups excluding carboxylic acids is 1. The Morgan fingerprint density at radius 2 is 2.04 bits per heavy atom. The van der Waals surface area contributed by atoms with Crippen molar-refractivity contribution in [1.82, 2.24) is 4.57 Å². The van der Waals surface area contributed by atoms with Gasteiger partial charge in [-0.2, -0.15) is 4.99 Å². The minimum atomic E-state index is -0.602. The molecule has 130 valence electrons. The van der Waals surface area contributed by atoms with E-state index in [1.807, 2.05) is 29.7 Å². The second-order valence-electron chi connectivity index (χ2n) is 5.61. The molecule has 26 heavy (non-hydrogen) atoms. The second kappa shape index (κ2) is 6.66. The van der Waals surface area contributed by atoms with Crippen LogP contribution in [0.3, 0.4) is 0 Å². The number of rotatable bonds is 2. The van der Waals surface area contributed by atoms with Crippen molar-refractivity contribution >= 4 is 54.4 Å². The molecule has 5 nitrogen and oxygen atoms in total. The van der Waals surface area contributed by atoms with Crippen LogP contribution in [0.4, 0.5) is 0 Å². The number of hydrogen-bond acceptors (Lipinski definition) is 4. The predicted octanol–water partition coefficient (Wildman–Crippen LogP) is 4.33. The SMILES string of the molecule is CCn1c(=NC(=O)c2coc3ccccc3c2=O)sc2cccc(Br)c21. The molecule has 0 spiro atoms. The second-order valence-corrected chi connectivity index (χ2v) is 7.47. The van der Waals surface area contributed by atoms with E-state index in [0.717, 1.165) is 14.7 Å². The lowest BCUT2D eigenvalue weighted by Crippen LogP contribution is -2.19. The number of amides is 1. The van der Waals surface area contributed by atoms with Gasteiger partial charge in [-0.3, -0.25) is 9.59 Å². The standard InChI is InChI=1S/C19H13BrN2O3S/c1-2-22-16-13(20)7-5-9-15(16)26-19(22)21-18(24)12-10-25-14-8-4-3-6-11(14)17(12)23/h3-10H,2H2,1H3. The molecule has 0 N–H and O–H groups in total. The number of aromatic nitrogens is 1. The average molecular weight is 429 g/mol. The first-order valence-corrected chi connectivity index (χ1v) is 9.58. The summed E-state index contributed by atoms with van der Waals surface area (Å²) in [6.45, 7) is 2.64. The maximum Gasteiger partial charge on any atom is 0.286 e. The van der Waals surface area contributed by atoms with Crippen LogP contribution in [-0.4, -0.2) is 10.5 Å². The third kappa shape index (κ3) is 2.73. The molecule has 0 bridgehead atoms. The van der Waals surface area contributed by atoms with E-state index in [2.05, 4.69) is 20.9 Å². The lowest BCUT2D eigenvalue weighted by molar-refractivity contribution is 0.0995. The highest BCUT2D eigenvalue weighted by Crippen LogP contribution is 2.25. The zero-order valence-electron chi connectivity index (χ0n) is 13.7. The predicted molar refractivity (Wildman–Crippen MR) is 106 cm³/mol. The van der Waals surface area contributed by atoms with Crippen molar-refractivity contribution in [3.63, 3.8) is 0 Å². The first kappa shape index (κ1) is 16.9. The molecule has 0 radical (unpaired) electrons. The molecule has 2 aromatic carbocycles. The number of aryl methyl sites for hydroxylation is 1. The summed E-state index contributed by atoms with van der Waals surface area (Å²) >= 11 is 4.95. The third-order valence-electron chi connectivity index (χ3n) is 4.08. The molecule has 0 atom stereocenters. The summed E-state index contributed by atoms with van der Waals surface area (Å²) in [5.74, 6) is -0.602. The Bertz CT molecular complexity index is 1280. The van der Waals surface area contributed by atoms with Crippen molar-refractivity contribution < 1.29 is 9.21 Å². The quantitative estimate of drug-likeness (QED) is 0.477. The molecule has 0 saturated carbocycles. The van der Waals surface area contributed by atoms with Crippen molar-refractivity contribution in [3.05, 3.63) is 73.8 Å². The fourth-order valence-corrected chi connectivity index (χ4v) is 4.67. The van der Waals surface area contributed by atoms with Gasteiger partial charge >= 0.3 is 0 Å². The van der Waals surface area contributed by atoms with Crippen LogP contribution in [0.5, 0.6) is 0 Å². The lowest BCUT2D eigenvalue weighted by Gasteiger charge is -2.02. The van der Waals surface area contributed by atoms with Crippen molar-refractivity contribution in [2.75, 3.05) is 0 Å². The van der Waals surface area contributed by atoms with Crippen LogP contribution in [-0.2, 0) is 6.54 Å². The van der Waals surface area contributed by atoms with Crippen LogP contribution in [0.25, 0.3) is 21.2 Å². The number of fused-ring (bicyclic) bond motifs is 2. The molecular formula is C19H13BrN2O3S. The van der Waals surface area contributed by atoms with Gasteiger partial charge in [0.25, 0.3) is 5.91 Å². The topological polar surface area (TPSA) is 64.6 Å². The van der Waals surface area contributed by atoms with Crippen LogP contribution < -0.4 is 10.2 Å². The molecule has 4 rings (SSSR count). The van der Waals surface area contributed by atoms with E-state index < -0.39 is 5.91 Å². The fraction of sp³-hybridized carbons (Fsp3) is 0.105. The maximum absolute atomic E-state index is 12.7. The molecule has 0 aliphatic carbocycles. The highest BCUT2D eigenvalue weighted by Gasteiger charge is 2.15. The van der Waals surface area contributed by atoms with Gasteiger partial charge in [0.1, 0.15) is 17.4 Å². The summed E-state index contributed by atoms with van der Waals surface area (Å²) in [4.78, 5) is 30.0. The van der Waals surface area contributed by atoms with Crippen molar-refractivity contribution in [1.29, 1.82) is 0 Å². The molecule has 2 aromatic heterocycles. The molecule has 0 saturated heterocycles. The van der Waals surface area contributed by atoms with Crippen LogP contribution in [0, 0.1) is 0 Å². The monoisotopic (exact) mass is 428 g/mol. The minimum Gasteiger partial charge on any atom is -0.463 e. The summed E-state index contributed by atoms with van der Waals surface area (Å²) in [7, 11) is 0. The van der Waals surface area contributed by atoms with E-state index in [-0.39, 0.29) is 11.0 Å². The Morgan fingerprint density at radius 1 is 1.23 bits per heavy atom. The Labute approximate surface area is 160 Å². The molecule has 1 amide bonds. The van der Waals surface area contributed by atoms with Gasteiger partial charge in [-0.05, 0) is 47.1 Å². The van der Waals surface area contributed by atoms with E-state index in [9.17, 15) is 9.59 Å². The smallest absolute Gasteiger partial charge is 0.286 e. The van der Waals surface area contributed by atoms with Gasteiger partial charge in [-0.15, -0.1) is 0 Å². The van der Waals surface area contributed by atoms with Crippen molar-refractivity contribution in [2.45, 2.75) is 13.5 Å². The molecular weight excluding hydrogens is 416 g/mol. The third-order valence-corrected chi connectivity index (χ3v) is 5.76. The zero-order valence-corrected chi connectivity index (χ0v) is 16.1. The Morgan fingerprint density at radius 3 is 2.85 bits per heavy atom. The fourth-order valence-electron chi connectivity index (χ4n) is 2.84. The van der Waals surface area contributed by atoms with E-state index in [1.165, 1.54) is 17.6 Å². The van der Waals surface area contributed by atoms with Gasteiger partial charge in [-0.1, -0.05) is 29.5 Å². The molecule has 4 aromatic rings. The van der Waals surface area contributed by atoms with Gasteiger partial charge in [0.2, 0.25) is 5.43 Å². The normalized spacial score (nSPS) is 12.2. The molecule has 0 aliphatic heterocycles. The number of halogens is 1. The molecule has 7 heteroatoms. The van der Waals surface area contributed by atoms with Crippen molar-refractivity contribution in [2.24, 2.45) is 4.99 Å². The molecule has 0 fully saturated rings. The number of hydrogen-bond donors (Lipinski definition) is 0. The first-order chi connectivity index (χ1) is 12.6. The number of thiazole rings is 1. The van der Waals surface area contributed by atoms with Crippen molar-refractivity contribution in [3.8, 4) is 0 Å².